The lowest BCUT2D eigenvalue weighted by molar-refractivity contribution is 1.12. The number of aromatic nitrogens is 2. The van der Waals surface area contributed by atoms with Gasteiger partial charge in [0.1, 0.15) is 124 Å². The molecule has 8 aromatic carbocycles. The number of imidazole rings is 1. The lowest BCUT2D eigenvalue weighted by Gasteiger charge is -2.27. The zero-order valence-corrected chi connectivity index (χ0v) is 33.2. The van der Waals surface area contributed by atoms with Gasteiger partial charge in [0.15, 0.2) is 0 Å². The first-order valence-corrected chi connectivity index (χ1v) is 19.2. The van der Waals surface area contributed by atoms with E-state index < -0.39 is 0 Å². The highest BCUT2D eigenvalue weighted by molar-refractivity contribution is 6.71. The van der Waals surface area contributed by atoms with Crippen LogP contribution in [0.3, 0.4) is 0 Å². The highest BCUT2D eigenvalue weighted by Crippen LogP contribution is 2.43. The Morgan fingerprint density at radius 3 is 1.18 bits per heavy atom. The molecule has 0 N–H and O–H groups in total. The van der Waals surface area contributed by atoms with Crippen LogP contribution in [0.4, 0.5) is 0 Å². The van der Waals surface area contributed by atoms with E-state index >= 15 is 0 Å². The van der Waals surface area contributed by atoms with E-state index in [1.165, 1.54) is 0 Å². The van der Waals surface area contributed by atoms with E-state index in [0.29, 0.717) is 50.1 Å². The Bertz CT molecular complexity index is 3330. The molecule has 0 aliphatic heterocycles. The van der Waals surface area contributed by atoms with Crippen molar-refractivity contribution in [3.05, 3.63) is 91.0 Å². The predicted molar refractivity (Wildman–Crippen MR) is 279 cm³/mol. The van der Waals surface area contributed by atoms with Crippen LogP contribution >= 0.6 is 0 Å². The van der Waals surface area contributed by atoms with Crippen LogP contribution in [0.5, 0.6) is 0 Å². The van der Waals surface area contributed by atoms with Crippen molar-refractivity contribution in [2.45, 2.75) is 0 Å². The second-order valence-electron chi connectivity index (χ2n) is 15.2. The van der Waals surface area contributed by atoms with Crippen LogP contribution in [0.1, 0.15) is 0 Å². The summed E-state index contributed by atoms with van der Waals surface area (Å²) in [5.41, 5.74) is 8.32. The number of rotatable bonds is 5. The van der Waals surface area contributed by atoms with Crippen LogP contribution < -0.4 is 81.9 Å². The number of para-hydroxylation sites is 2. The molecule has 62 heavy (non-hydrogen) atoms. The monoisotopic (exact) mass is 748 g/mol. The van der Waals surface area contributed by atoms with Crippen molar-refractivity contribution in [2.75, 3.05) is 0 Å². The van der Waals surface area contributed by atoms with Gasteiger partial charge < -0.3 is 0 Å². The molecule has 1 heterocycles. The second kappa shape index (κ2) is 15.5. The summed E-state index contributed by atoms with van der Waals surface area (Å²) < 4.78 is 1.84. The first kappa shape index (κ1) is 42.0. The minimum absolute atomic E-state index is 0.0883. The second-order valence-corrected chi connectivity index (χ2v) is 15.2. The molecule has 250 valence electrons. The van der Waals surface area contributed by atoms with Crippen molar-refractivity contribution in [1.82, 2.24) is 9.55 Å². The fourth-order valence-corrected chi connectivity index (χ4v) is 8.47. The Hall–Kier alpha value is -5.28. The maximum Gasteiger partial charge on any atom is 0.145 e. The molecule has 0 spiro atoms. The molecule has 2 nitrogen and oxygen atoms in total. The largest absolute Gasteiger partial charge is 0.294 e. The standard InChI is InChI=1S/C45H15B15N2/c46-29-27(30(47)34(51)37(54)33(29)50)25-19-5-1-2-6-20(19)26(28-31(48)35(52)38(55)36(53)32(28)49)22-15-18(13-14-21(22)25)16-9-11-17(12-10-16)45-61-23-7-3-4-8-24(23)62(45)44-42(59)40(57)39(56)41(58)43(44)60/h1-15H. The number of hydrogen-bond acceptors (Lipinski definition) is 1. The fourth-order valence-electron chi connectivity index (χ4n) is 8.47. The van der Waals surface area contributed by atoms with E-state index in [0.717, 1.165) is 33.0 Å². The van der Waals surface area contributed by atoms with Crippen molar-refractivity contribution in [3.63, 3.8) is 0 Å². The molecule has 17 heteroatoms. The van der Waals surface area contributed by atoms with Crippen LogP contribution in [0.25, 0.3) is 83.0 Å². The molecule has 0 aliphatic carbocycles. The van der Waals surface area contributed by atoms with Gasteiger partial charge in [-0.25, -0.2) is 4.98 Å². The van der Waals surface area contributed by atoms with Crippen molar-refractivity contribution >= 4 is 232 Å². The van der Waals surface area contributed by atoms with Crippen LogP contribution in [-0.2, 0) is 0 Å². The molecule has 9 rings (SSSR count). The van der Waals surface area contributed by atoms with Crippen LogP contribution in [0.15, 0.2) is 91.0 Å². The van der Waals surface area contributed by atoms with E-state index in [9.17, 15) is 0 Å². The zero-order valence-electron chi connectivity index (χ0n) is 33.2. The lowest BCUT2D eigenvalue weighted by Crippen LogP contribution is -2.56. The van der Waals surface area contributed by atoms with Crippen molar-refractivity contribution in [3.8, 4) is 50.5 Å². The van der Waals surface area contributed by atoms with Gasteiger partial charge in [-0.3, -0.25) is 4.57 Å². The van der Waals surface area contributed by atoms with E-state index in [1.807, 2.05) is 95.6 Å². The fraction of sp³-hybridized carbons (Fsp3) is 0. The minimum Gasteiger partial charge on any atom is -0.294 e. The Labute approximate surface area is 381 Å². The Morgan fingerprint density at radius 1 is 0.306 bits per heavy atom. The maximum atomic E-state index is 6.80. The molecule has 0 unspecified atom stereocenters. The van der Waals surface area contributed by atoms with Gasteiger partial charge in [-0.15, -0.1) is 49.2 Å². The van der Waals surface area contributed by atoms with Gasteiger partial charge in [0, 0.05) is 11.3 Å². The average Bonchev–Trinajstić information content (AvgIpc) is 3.67. The first-order valence-electron chi connectivity index (χ1n) is 19.2. The van der Waals surface area contributed by atoms with E-state index in [-0.39, 0.29) is 81.9 Å². The quantitative estimate of drug-likeness (QED) is 0.127. The highest BCUT2D eigenvalue weighted by atomic mass is 15.1. The summed E-state index contributed by atoms with van der Waals surface area (Å²) in [4.78, 5) is 4.99. The SMILES string of the molecule is [B]c1c([B])c([B])c(-c2c3ccccc3c(-c3c([B])c([B])c([B])c([B])c3[B])c3cc(-c4ccc(-c5nc6ccccc6n5-c5c([B])c([B])c([B])c([B])c5[B])cc4)ccc23)c([B])c1[B]. The number of hydrogen-bond donors (Lipinski definition) is 0. The van der Waals surface area contributed by atoms with Gasteiger partial charge in [0.05, 0.1) is 11.0 Å². The van der Waals surface area contributed by atoms with Crippen molar-refractivity contribution in [2.24, 2.45) is 0 Å². The summed E-state index contributed by atoms with van der Waals surface area (Å²) in [5, 5.41) is 2.86. The van der Waals surface area contributed by atoms with Crippen LogP contribution in [0, 0.1) is 0 Å². The van der Waals surface area contributed by atoms with Crippen LogP contribution in [-0.4, -0.2) is 127 Å². The summed E-state index contributed by atoms with van der Waals surface area (Å²) in [6.07, 6.45) is 0. The molecule has 30 radical (unpaired) electrons. The molecular formula is C45H15B15N2. The molecule has 0 saturated heterocycles. The van der Waals surface area contributed by atoms with Gasteiger partial charge in [-0.05, 0) is 73.1 Å². The van der Waals surface area contributed by atoms with Crippen LogP contribution in [0.2, 0.25) is 0 Å². The summed E-state index contributed by atoms with van der Waals surface area (Å²) in [6.45, 7) is 0. The van der Waals surface area contributed by atoms with Crippen molar-refractivity contribution in [1.29, 1.82) is 0 Å². The third kappa shape index (κ3) is 6.19. The number of nitrogens with zero attached hydrogens (tertiary/aromatic N) is 2. The molecular weight excluding hydrogens is 731 g/mol. The van der Waals surface area contributed by atoms with E-state index in [1.54, 1.807) is 0 Å². The summed E-state index contributed by atoms with van der Waals surface area (Å²) in [6, 6.07) is 29.0. The normalized spacial score (nSPS) is 11.5. The molecule has 0 amide bonds. The summed E-state index contributed by atoms with van der Waals surface area (Å²) in [5.74, 6) is 0.540. The van der Waals surface area contributed by atoms with Gasteiger partial charge in [-0.1, -0.05) is 106 Å². The predicted octanol–water partition coefficient (Wildman–Crippen LogP) is -6.09. The molecule has 0 atom stereocenters. The third-order valence-corrected chi connectivity index (χ3v) is 11.9. The molecule has 0 fully saturated rings. The Morgan fingerprint density at radius 2 is 0.677 bits per heavy atom. The smallest absolute Gasteiger partial charge is 0.145 e. The highest BCUT2D eigenvalue weighted by Gasteiger charge is 2.24. The molecule has 0 saturated carbocycles. The van der Waals surface area contributed by atoms with Gasteiger partial charge in [0.25, 0.3) is 0 Å². The van der Waals surface area contributed by atoms with E-state index in [4.69, 9.17) is 123 Å². The molecule has 0 aliphatic rings. The number of fused-ring (bicyclic) bond motifs is 3. The van der Waals surface area contributed by atoms with Crippen molar-refractivity contribution < 1.29 is 0 Å². The Balaban J connectivity index is 1.32. The summed E-state index contributed by atoms with van der Waals surface area (Å²) >= 11 is 0. The average molecular weight is 746 g/mol. The molecule has 0 bridgehead atoms. The van der Waals surface area contributed by atoms with Gasteiger partial charge in [-0.2, -0.15) is 0 Å². The maximum absolute atomic E-state index is 6.80. The lowest BCUT2D eigenvalue weighted by atomic mass is 9.58. The number of benzene rings is 8. The van der Waals surface area contributed by atoms with Gasteiger partial charge in [0.2, 0.25) is 0 Å². The molecule has 9 aromatic rings. The third-order valence-electron chi connectivity index (χ3n) is 11.9. The molecule has 1 aromatic heterocycles. The minimum atomic E-state index is 0.0883. The van der Waals surface area contributed by atoms with E-state index in [2.05, 4.69) is 0 Å². The Kier molecular flexibility index (Phi) is 10.5. The first-order chi connectivity index (χ1) is 29.5. The topological polar surface area (TPSA) is 17.8 Å². The summed E-state index contributed by atoms with van der Waals surface area (Å²) in [7, 11) is 97.5. The van der Waals surface area contributed by atoms with Gasteiger partial charge >= 0.3 is 0 Å². The zero-order chi connectivity index (χ0) is 44.2.